The average molecular weight is 378 g/mol. The Morgan fingerprint density at radius 2 is 1.91 bits per heavy atom. The molecular formula is C15H18ClO5S2-. The number of sulfone groups is 1. The highest BCUT2D eigenvalue weighted by Gasteiger charge is 2.41. The van der Waals surface area contributed by atoms with Gasteiger partial charge in [-0.15, -0.1) is 0 Å². The van der Waals surface area contributed by atoms with Gasteiger partial charge in [0.15, 0.2) is 9.84 Å². The number of hydrogen-bond acceptors (Lipinski definition) is 5. The van der Waals surface area contributed by atoms with Gasteiger partial charge in [-0.05, 0) is 59.1 Å². The molecule has 0 amide bonds. The molecular weight excluding hydrogens is 360 g/mol. The van der Waals surface area contributed by atoms with Gasteiger partial charge >= 0.3 is 0 Å². The van der Waals surface area contributed by atoms with E-state index in [2.05, 4.69) is 0 Å². The maximum absolute atomic E-state index is 12.2. The predicted molar refractivity (Wildman–Crippen MR) is 88.2 cm³/mol. The quantitative estimate of drug-likeness (QED) is 0.581. The van der Waals surface area contributed by atoms with E-state index < -0.39 is 30.9 Å². The first-order chi connectivity index (χ1) is 10.6. The maximum Gasteiger partial charge on any atom is 0.252 e. The summed E-state index contributed by atoms with van der Waals surface area (Å²) in [5.41, 5.74) is 0.941. The summed E-state index contributed by atoms with van der Waals surface area (Å²) in [6.45, 7) is 1.80. The molecule has 1 aliphatic rings. The van der Waals surface area contributed by atoms with Gasteiger partial charge in [-0.3, -0.25) is 9.00 Å². The normalized spacial score (nSPS) is 18.8. The summed E-state index contributed by atoms with van der Waals surface area (Å²) in [6, 6.07) is 2.76. The van der Waals surface area contributed by atoms with Gasteiger partial charge in [-0.25, -0.2) is 8.42 Å². The minimum atomic E-state index is -3.71. The third-order valence-electron chi connectivity index (χ3n) is 4.42. The maximum atomic E-state index is 12.2. The van der Waals surface area contributed by atoms with E-state index in [9.17, 15) is 22.0 Å². The topological polar surface area (TPSA) is 91.3 Å². The summed E-state index contributed by atoms with van der Waals surface area (Å²) >= 11 is 3.11. The summed E-state index contributed by atoms with van der Waals surface area (Å²) in [7, 11) is -3.71. The number of rotatable bonds is 5. The van der Waals surface area contributed by atoms with Crippen LogP contribution >= 0.6 is 11.6 Å². The number of aryl methyl sites for hydroxylation is 1. The smallest absolute Gasteiger partial charge is 0.252 e. The Labute approximate surface area is 143 Å². The van der Waals surface area contributed by atoms with E-state index in [-0.39, 0.29) is 16.0 Å². The Morgan fingerprint density at radius 1 is 1.35 bits per heavy atom. The van der Waals surface area contributed by atoms with E-state index in [1.165, 1.54) is 12.1 Å². The van der Waals surface area contributed by atoms with Crippen LogP contribution < -0.4 is 0 Å². The molecule has 0 heterocycles. The molecule has 1 aromatic carbocycles. The van der Waals surface area contributed by atoms with Crippen LogP contribution in [0.15, 0.2) is 17.0 Å². The van der Waals surface area contributed by atoms with Crippen LogP contribution in [-0.2, 0) is 32.1 Å². The van der Waals surface area contributed by atoms with Gasteiger partial charge in [-0.1, -0.05) is 25.8 Å². The molecule has 0 N–H and O–H groups in total. The van der Waals surface area contributed by atoms with Crippen LogP contribution in [0.1, 0.15) is 54.1 Å². The van der Waals surface area contributed by atoms with Gasteiger partial charge < -0.3 is 4.55 Å². The molecule has 0 bridgehead atoms. The van der Waals surface area contributed by atoms with Crippen molar-refractivity contribution in [1.29, 1.82) is 0 Å². The van der Waals surface area contributed by atoms with Crippen LogP contribution in [0.5, 0.6) is 0 Å². The van der Waals surface area contributed by atoms with Crippen LogP contribution in [0.25, 0.3) is 0 Å². The van der Waals surface area contributed by atoms with Crippen molar-refractivity contribution in [3.05, 3.63) is 28.8 Å². The number of carbonyl (C=O) groups excluding carboxylic acids is 1. The first-order valence-electron chi connectivity index (χ1n) is 7.30. The summed E-state index contributed by atoms with van der Waals surface area (Å²) in [4.78, 5) is 11.5. The molecule has 1 unspecified atom stereocenters. The van der Waals surface area contributed by atoms with Gasteiger partial charge in [0.1, 0.15) is 0 Å². The fourth-order valence-electron chi connectivity index (χ4n) is 3.23. The third-order valence-corrected chi connectivity index (χ3v) is 7.03. The Hall–Kier alpha value is -0.760. The summed E-state index contributed by atoms with van der Waals surface area (Å²) in [5, 5.41) is -0.748. The number of benzene rings is 1. The van der Waals surface area contributed by atoms with Crippen LogP contribution in [0.4, 0.5) is 0 Å². The monoisotopic (exact) mass is 377 g/mol. The predicted octanol–water partition coefficient (Wildman–Crippen LogP) is 2.68. The molecule has 128 valence electrons. The van der Waals surface area contributed by atoms with Gasteiger partial charge in [0.2, 0.25) is 0 Å². The molecule has 23 heavy (non-hydrogen) atoms. The van der Waals surface area contributed by atoms with Gasteiger partial charge in [0.05, 0.1) is 9.64 Å². The number of hydrogen-bond donors (Lipinski definition) is 0. The molecule has 0 spiro atoms. The second kappa shape index (κ2) is 6.63. The van der Waals surface area contributed by atoms with Crippen LogP contribution in [-0.4, -0.2) is 28.7 Å². The molecule has 0 aromatic heterocycles. The van der Waals surface area contributed by atoms with Crippen LogP contribution in [0.3, 0.4) is 0 Å². The van der Waals surface area contributed by atoms with E-state index in [0.29, 0.717) is 24.8 Å². The molecule has 0 aliphatic heterocycles. The van der Waals surface area contributed by atoms with Crippen LogP contribution in [0, 0.1) is 0 Å². The molecule has 0 radical (unpaired) electrons. The summed E-state index contributed by atoms with van der Waals surface area (Å²) in [6.07, 6.45) is 3.65. The second-order valence-corrected chi connectivity index (χ2v) is 9.42. The van der Waals surface area contributed by atoms with Crippen LogP contribution in [0.2, 0.25) is 0 Å². The minimum Gasteiger partial charge on any atom is -0.772 e. The Bertz CT molecular complexity index is 764. The van der Waals surface area contributed by atoms with Crippen molar-refractivity contribution in [2.75, 3.05) is 6.26 Å². The van der Waals surface area contributed by atoms with Gasteiger partial charge in [0, 0.05) is 11.8 Å². The molecule has 1 aliphatic carbocycles. The lowest BCUT2D eigenvalue weighted by Gasteiger charge is -2.34. The van der Waals surface area contributed by atoms with E-state index in [1.54, 1.807) is 6.92 Å². The second-order valence-electron chi connectivity index (χ2n) is 5.84. The standard InChI is InChI=1S/C15H19ClO5S2/c1-3-10-8-12(15(22(18)19)6-4-5-7-15)13(23(2,20)21)9-11(10)14(16)17/h8-9H,3-7H2,1-2H3,(H,18,19)/p-1. The zero-order chi connectivity index (χ0) is 17.4. The highest BCUT2D eigenvalue weighted by Crippen LogP contribution is 2.46. The molecule has 5 nitrogen and oxygen atoms in total. The van der Waals surface area contributed by atoms with Crippen molar-refractivity contribution in [2.45, 2.75) is 48.7 Å². The summed E-state index contributed by atoms with van der Waals surface area (Å²) < 4.78 is 47.0. The zero-order valence-electron chi connectivity index (χ0n) is 12.9. The van der Waals surface area contributed by atoms with E-state index in [4.69, 9.17) is 11.6 Å². The fourth-order valence-corrected chi connectivity index (χ4v) is 5.43. The molecule has 8 heteroatoms. The van der Waals surface area contributed by atoms with Crippen molar-refractivity contribution in [3.63, 3.8) is 0 Å². The molecule has 0 saturated heterocycles. The molecule has 1 aromatic rings. The number of carbonyl (C=O) groups is 1. The molecule has 1 saturated carbocycles. The fraction of sp³-hybridized carbons (Fsp3) is 0.533. The Morgan fingerprint density at radius 3 is 2.30 bits per heavy atom. The van der Waals surface area contributed by atoms with Crippen molar-refractivity contribution >= 4 is 37.8 Å². The van der Waals surface area contributed by atoms with Gasteiger partial charge in [0.25, 0.3) is 5.24 Å². The van der Waals surface area contributed by atoms with Crippen molar-refractivity contribution in [2.24, 2.45) is 0 Å². The largest absolute Gasteiger partial charge is 0.772 e. The lowest BCUT2D eigenvalue weighted by molar-refractivity contribution is 0.108. The average Bonchev–Trinajstić information content (AvgIpc) is 2.95. The zero-order valence-corrected chi connectivity index (χ0v) is 15.3. The molecule has 2 rings (SSSR count). The van der Waals surface area contributed by atoms with E-state index in [1.807, 2.05) is 0 Å². The highest BCUT2D eigenvalue weighted by molar-refractivity contribution is 7.90. The van der Waals surface area contributed by atoms with E-state index in [0.717, 1.165) is 19.1 Å². The third kappa shape index (κ3) is 3.38. The highest BCUT2D eigenvalue weighted by atomic mass is 35.5. The molecule has 1 atom stereocenters. The minimum absolute atomic E-state index is 0.114. The van der Waals surface area contributed by atoms with Crippen molar-refractivity contribution < 1.29 is 22.0 Å². The Balaban J connectivity index is 2.86. The van der Waals surface area contributed by atoms with E-state index >= 15 is 0 Å². The first-order valence-corrected chi connectivity index (χ1v) is 10.6. The lowest BCUT2D eigenvalue weighted by Crippen LogP contribution is -2.30. The Kier molecular flexibility index (Phi) is 5.35. The molecule has 1 fully saturated rings. The lowest BCUT2D eigenvalue weighted by atomic mass is 9.92. The number of halogens is 1. The SMILES string of the molecule is CCc1cc(C2(S(=O)[O-])CCCC2)c(S(C)(=O)=O)cc1C(=O)Cl. The summed E-state index contributed by atoms with van der Waals surface area (Å²) in [5.74, 6) is 0. The van der Waals surface area contributed by atoms with Crippen molar-refractivity contribution in [3.8, 4) is 0 Å². The van der Waals surface area contributed by atoms with Crippen molar-refractivity contribution in [1.82, 2.24) is 0 Å². The van der Waals surface area contributed by atoms with Gasteiger partial charge in [-0.2, -0.15) is 0 Å². The first kappa shape index (κ1) is 18.6.